The van der Waals surface area contributed by atoms with Crippen LogP contribution in [-0.4, -0.2) is 22.3 Å². The molecule has 0 amide bonds. The lowest BCUT2D eigenvalue weighted by Gasteiger charge is -2.01. The third-order valence-corrected chi connectivity index (χ3v) is 3.07. The minimum absolute atomic E-state index is 0.242. The molecule has 0 bridgehead atoms. The summed E-state index contributed by atoms with van der Waals surface area (Å²) in [7, 11) is 0. The predicted octanol–water partition coefficient (Wildman–Crippen LogP) is 4.80. The van der Waals surface area contributed by atoms with Crippen LogP contribution in [0.5, 0.6) is 0 Å². The van der Waals surface area contributed by atoms with Gasteiger partial charge in [0, 0.05) is 6.42 Å². The van der Waals surface area contributed by atoms with E-state index in [1.165, 1.54) is 0 Å². The summed E-state index contributed by atoms with van der Waals surface area (Å²) < 4.78 is 0. The summed E-state index contributed by atoms with van der Waals surface area (Å²) >= 11 is 0. The number of carboxylic acids is 1. The van der Waals surface area contributed by atoms with Gasteiger partial charge in [0.25, 0.3) is 0 Å². The number of hydrogen-bond donors (Lipinski definition) is 2. The van der Waals surface area contributed by atoms with Crippen LogP contribution in [0.15, 0.2) is 48.6 Å². The summed E-state index contributed by atoms with van der Waals surface area (Å²) in [4.78, 5) is 10.3. The van der Waals surface area contributed by atoms with E-state index in [4.69, 9.17) is 5.11 Å². The Morgan fingerprint density at radius 2 is 1.68 bits per heavy atom. The fraction of sp³-hybridized carbons (Fsp3) is 0.526. The highest BCUT2D eigenvalue weighted by atomic mass is 16.4. The molecule has 0 aliphatic rings. The first-order valence-corrected chi connectivity index (χ1v) is 8.20. The average Bonchev–Trinajstić information content (AvgIpc) is 2.49. The van der Waals surface area contributed by atoms with Crippen molar-refractivity contribution in [1.29, 1.82) is 0 Å². The largest absolute Gasteiger partial charge is 0.481 e. The number of aliphatic hydroxyl groups is 1. The minimum Gasteiger partial charge on any atom is -0.481 e. The Balaban J connectivity index is 3.57. The summed E-state index contributed by atoms with van der Waals surface area (Å²) in [5.74, 6) is -0.730. The quantitative estimate of drug-likeness (QED) is 0.292. The lowest BCUT2D eigenvalue weighted by Crippen LogP contribution is -2.00. The fourth-order valence-corrected chi connectivity index (χ4v) is 1.79. The highest BCUT2D eigenvalue weighted by molar-refractivity contribution is 5.66. The standard InChI is InChI=1S/C19H30O3/c1-2-3-15-18(20)16-13-11-9-7-5-4-6-8-10-12-14-17-19(21)22/h4-5,8-11,13,16,18,20H,2-3,6-7,12,14-15,17H2,1H3,(H,21,22)/b5-4-,10-8-,11-9-,16-13+/t18-/m0/s1. The summed E-state index contributed by atoms with van der Waals surface area (Å²) in [5, 5.41) is 18.1. The maximum Gasteiger partial charge on any atom is 0.303 e. The smallest absolute Gasteiger partial charge is 0.303 e. The normalized spacial score (nSPS) is 13.9. The van der Waals surface area contributed by atoms with Crippen LogP contribution in [0.2, 0.25) is 0 Å². The van der Waals surface area contributed by atoms with Gasteiger partial charge in [-0.3, -0.25) is 4.79 Å². The Morgan fingerprint density at radius 1 is 1.00 bits per heavy atom. The molecule has 0 radical (unpaired) electrons. The number of unbranched alkanes of at least 4 members (excludes halogenated alkanes) is 2. The van der Waals surface area contributed by atoms with Crippen LogP contribution in [0.1, 0.15) is 58.3 Å². The molecule has 0 spiro atoms. The molecule has 0 heterocycles. The van der Waals surface area contributed by atoms with Crippen molar-refractivity contribution in [2.75, 3.05) is 0 Å². The molecular formula is C19H30O3. The number of hydrogen-bond acceptors (Lipinski definition) is 2. The molecule has 124 valence electrons. The summed E-state index contributed by atoms with van der Waals surface area (Å²) in [6.45, 7) is 2.12. The minimum atomic E-state index is -0.730. The topological polar surface area (TPSA) is 57.5 Å². The highest BCUT2D eigenvalue weighted by Crippen LogP contribution is 2.02. The van der Waals surface area contributed by atoms with Gasteiger partial charge in [-0.25, -0.2) is 0 Å². The lowest BCUT2D eigenvalue weighted by molar-refractivity contribution is -0.137. The van der Waals surface area contributed by atoms with Crippen molar-refractivity contribution in [3.63, 3.8) is 0 Å². The highest BCUT2D eigenvalue weighted by Gasteiger charge is 1.95. The van der Waals surface area contributed by atoms with E-state index in [1.807, 2.05) is 24.3 Å². The van der Waals surface area contributed by atoms with Gasteiger partial charge in [-0.15, -0.1) is 0 Å². The maximum atomic E-state index is 10.3. The van der Waals surface area contributed by atoms with Crippen molar-refractivity contribution >= 4 is 5.97 Å². The molecule has 3 nitrogen and oxygen atoms in total. The molecule has 0 aromatic rings. The van der Waals surface area contributed by atoms with Gasteiger partial charge in [-0.1, -0.05) is 68.4 Å². The van der Waals surface area contributed by atoms with E-state index in [1.54, 1.807) is 0 Å². The summed E-state index contributed by atoms with van der Waals surface area (Å²) in [5.41, 5.74) is 0. The first-order valence-electron chi connectivity index (χ1n) is 8.20. The van der Waals surface area contributed by atoms with Gasteiger partial charge in [0.05, 0.1) is 6.10 Å². The first kappa shape index (κ1) is 20.4. The molecular weight excluding hydrogens is 276 g/mol. The van der Waals surface area contributed by atoms with Crippen LogP contribution < -0.4 is 0 Å². The number of carbonyl (C=O) groups is 1. The van der Waals surface area contributed by atoms with E-state index in [-0.39, 0.29) is 12.5 Å². The summed E-state index contributed by atoms with van der Waals surface area (Å²) in [6, 6.07) is 0. The van der Waals surface area contributed by atoms with Crippen LogP contribution in [0, 0.1) is 0 Å². The number of carboxylic acid groups (broad SMARTS) is 1. The first-order chi connectivity index (χ1) is 10.7. The van der Waals surface area contributed by atoms with Gasteiger partial charge in [-0.05, 0) is 32.1 Å². The van der Waals surface area contributed by atoms with Crippen LogP contribution in [0.25, 0.3) is 0 Å². The van der Waals surface area contributed by atoms with E-state index in [9.17, 15) is 9.90 Å². The zero-order chi connectivity index (χ0) is 16.5. The Bertz CT molecular complexity index is 378. The second kappa shape index (κ2) is 15.8. The van der Waals surface area contributed by atoms with Crippen molar-refractivity contribution in [1.82, 2.24) is 0 Å². The third-order valence-electron chi connectivity index (χ3n) is 3.07. The van der Waals surface area contributed by atoms with Crippen LogP contribution in [0.3, 0.4) is 0 Å². The van der Waals surface area contributed by atoms with E-state index in [0.29, 0.717) is 6.42 Å². The van der Waals surface area contributed by atoms with Gasteiger partial charge in [0.1, 0.15) is 0 Å². The van der Waals surface area contributed by atoms with Gasteiger partial charge in [-0.2, -0.15) is 0 Å². The maximum absolute atomic E-state index is 10.3. The Labute approximate surface area is 134 Å². The molecule has 0 aliphatic carbocycles. The number of allylic oxidation sites excluding steroid dienone is 7. The van der Waals surface area contributed by atoms with Gasteiger partial charge in [0.2, 0.25) is 0 Å². The van der Waals surface area contributed by atoms with E-state index >= 15 is 0 Å². The zero-order valence-electron chi connectivity index (χ0n) is 13.7. The molecule has 0 saturated heterocycles. The van der Waals surface area contributed by atoms with Gasteiger partial charge >= 0.3 is 5.97 Å². The van der Waals surface area contributed by atoms with Crippen molar-refractivity contribution in [2.24, 2.45) is 0 Å². The molecule has 0 rings (SSSR count). The van der Waals surface area contributed by atoms with E-state index in [0.717, 1.165) is 38.5 Å². The molecule has 3 heteroatoms. The second-order valence-electron chi connectivity index (χ2n) is 5.22. The molecule has 22 heavy (non-hydrogen) atoms. The fourth-order valence-electron chi connectivity index (χ4n) is 1.79. The van der Waals surface area contributed by atoms with Gasteiger partial charge < -0.3 is 10.2 Å². The average molecular weight is 306 g/mol. The second-order valence-corrected chi connectivity index (χ2v) is 5.22. The van der Waals surface area contributed by atoms with Crippen molar-refractivity contribution in [2.45, 2.75) is 64.4 Å². The van der Waals surface area contributed by atoms with Crippen LogP contribution in [-0.2, 0) is 4.79 Å². The molecule has 0 aromatic heterocycles. The van der Waals surface area contributed by atoms with E-state index < -0.39 is 5.97 Å². The molecule has 0 aromatic carbocycles. The predicted molar refractivity (Wildman–Crippen MR) is 92.8 cm³/mol. The SMILES string of the molecule is CCCC[C@H](O)/C=C/C=C\C/C=C\C/C=C\CCCC(=O)O. The molecule has 0 fully saturated rings. The van der Waals surface area contributed by atoms with Crippen LogP contribution in [0.4, 0.5) is 0 Å². The monoisotopic (exact) mass is 306 g/mol. The zero-order valence-corrected chi connectivity index (χ0v) is 13.7. The molecule has 2 N–H and O–H groups in total. The van der Waals surface area contributed by atoms with Crippen LogP contribution >= 0.6 is 0 Å². The molecule has 0 saturated carbocycles. The third kappa shape index (κ3) is 16.4. The Morgan fingerprint density at radius 3 is 2.36 bits per heavy atom. The van der Waals surface area contributed by atoms with Crippen molar-refractivity contribution in [3.05, 3.63) is 48.6 Å². The number of aliphatic carboxylic acids is 1. The molecule has 0 aliphatic heterocycles. The van der Waals surface area contributed by atoms with E-state index in [2.05, 4.69) is 31.2 Å². The lowest BCUT2D eigenvalue weighted by atomic mass is 10.1. The van der Waals surface area contributed by atoms with Crippen molar-refractivity contribution in [3.8, 4) is 0 Å². The number of rotatable bonds is 13. The van der Waals surface area contributed by atoms with Gasteiger partial charge in [0.15, 0.2) is 0 Å². The Kier molecular flexibility index (Phi) is 14.6. The summed E-state index contributed by atoms with van der Waals surface area (Å²) in [6.07, 6.45) is 22.2. The molecule has 0 unspecified atom stereocenters. The number of aliphatic hydroxyl groups excluding tert-OH is 1. The Hall–Kier alpha value is -1.61. The molecule has 1 atom stereocenters. The van der Waals surface area contributed by atoms with Crippen molar-refractivity contribution < 1.29 is 15.0 Å².